The lowest BCUT2D eigenvalue weighted by Gasteiger charge is -2.21. The monoisotopic (exact) mass is 230 g/mol. The van der Waals surface area contributed by atoms with Crippen molar-refractivity contribution in [3.05, 3.63) is 42.0 Å². The zero-order chi connectivity index (χ0) is 12.3. The van der Waals surface area contributed by atoms with Gasteiger partial charge < -0.3 is 10.2 Å². The van der Waals surface area contributed by atoms with E-state index in [1.54, 1.807) is 0 Å². The van der Waals surface area contributed by atoms with Crippen molar-refractivity contribution in [1.29, 1.82) is 0 Å². The van der Waals surface area contributed by atoms with E-state index in [1.165, 1.54) is 23.2 Å². The Bertz CT molecular complexity index is 396. The number of nitrogens with zero attached hydrogens (tertiary/aromatic N) is 1. The van der Waals surface area contributed by atoms with Crippen molar-refractivity contribution in [1.82, 2.24) is 5.32 Å². The number of nitrogens with one attached hydrogen (secondary N) is 1. The van der Waals surface area contributed by atoms with Gasteiger partial charge in [0.15, 0.2) is 0 Å². The minimum absolute atomic E-state index is 0.526. The standard InChI is InChI=1S/C15H22N2/c1-12(2)16-10-13(3)11-17-9-8-14-6-4-5-7-15(14)17/h4-7,12,16H,3,8-11H2,1-2H3. The zero-order valence-electron chi connectivity index (χ0n) is 10.9. The highest BCUT2D eigenvalue weighted by Crippen LogP contribution is 2.27. The van der Waals surface area contributed by atoms with Crippen LogP contribution in [0.2, 0.25) is 0 Å². The molecule has 1 aliphatic rings. The van der Waals surface area contributed by atoms with E-state index in [0.29, 0.717) is 6.04 Å². The van der Waals surface area contributed by atoms with Gasteiger partial charge in [-0.2, -0.15) is 0 Å². The molecule has 0 spiro atoms. The average molecular weight is 230 g/mol. The van der Waals surface area contributed by atoms with E-state index in [9.17, 15) is 0 Å². The average Bonchev–Trinajstić information content (AvgIpc) is 2.70. The Kier molecular flexibility index (Phi) is 3.85. The van der Waals surface area contributed by atoms with Crippen LogP contribution in [-0.4, -0.2) is 25.7 Å². The molecular weight excluding hydrogens is 208 g/mol. The maximum Gasteiger partial charge on any atom is 0.0402 e. The SMILES string of the molecule is C=C(CNC(C)C)CN1CCc2ccccc21. The normalized spacial score (nSPS) is 14.2. The van der Waals surface area contributed by atoms with Crippen LogP contribution in [0.1, 0.15) is 19.4 Å². The van der Waals surface area contributed by atoms with Gasteiger partial charge >= 0.3 is 0 Å². The molecule has 0 fully saturated rings. The van der Waals surface area contributed by atoms with E-state index in [2.05, 4.69) is 54.9 Å². The third-order valence-electron chi connectivity index (χ3n) is 3.16. The van der Waals surface area contributed by atoms with Gasteiger partial charge in [-0.3, -0.25) is 0 Å². The maximum absolute atomic E-state index is 4.16. The summed E-state index contributed by atoms with van der Waals surface area (Å²) in [4.78, 5) is 2.43. The van der Waals surface area contributed by atoms with Crippen molar-refractivity contribution in [3.63, 3.8) is 0 Å². The minimum atomic E-state index is 0.526. The molecule has 2 rings (SSSR count). The van der Waals surface area contributed by atoms with Gasteiger partial charge in [0.2, 0.25) is 0 Å². The Balaban J connectivity index is 1.91. The Morgan fingerprint density at radius 1 is 1.41 bits per heavy atom. The largest absolute Gasteiger partial charge is 0.367 e. The van der Waals surface area contributed by atoms with Crippen molar-refractivity contribution in [2.24, 2.45) is 0 Å². The summed E-state index contributed by atoms with van der Waals surface area (Å²) in [7, 11) is 0. The summed E-state index contributed by atoms with van der Waals surface area (Å²) in [5.41, 5.74) is 4.12. The summed E-state index contributed by atoms with van der Waals surface area (Å²) >= 11 is 0. The molecule has 1 aliphatic heterocycles. The summed E-state index contributed by atoms with van der Waals surface area (Å²) in [6.45, 7) is 11.5. The van der Waals surface area contributed by atoms with Gasteiger partial charge in [0.25, 0.3) is 0 Å². The molecular formula is C15H22N2. The lowest BCUT2D eigenvalue weighted by molar-refractivity contribution is 0.616. The molecule has 0 amide bonds. The third kappa shape index (κ3) is 3.10. The Morgan fingerprint density at radius 2 is 2.18 bits per heavy atom. The van der Waals surface area contributed by atoms with Crippen LogP contribution in [0.5, 0.6) is 0 Å². The van der Waals surface area contributed by atoms with Crippen molar-refractivity contribution in [3.8, 4) is 0 Å². The molecule has 0 bridgehead atoms. The summed E-state index contributed by atoms with van der Waals surface area (Å²) in [5, 5.41) is 3.42. The lowest BCUT2D eigenvalue weighted by atomic mass is 10.2. The lowest BCUT2D eigenvalue weighted by Crippen LogP contribution is -2.30. The maximum atomic E-state index is 4.16. The number of hydrogen-bond donors (Lipinski definition) is 1. The predicted octanol–water partition coefficient (Wildman–Crippen LogP) is 2.60. The predicted molar refractivity (Wildman–Crippen MR) is 74.6 cm³/mol. The molecule has 17 heavy (non-hydrogen) atoms. The summed E-state index contributed by atoms with van der Waals surface area (Å²) < 4.78 is 0. The third-order valence-corrected chi connectivity index (χ3v) is 3.16. The first-order valence-electron chi connectivity index (χ1n) is 6.39. The zero-order valence-corrected chi connectivity index (χ0v) is 10.9. The summed E-state index contributed by atoms with van der Waals surface area (Å²) in [5.74, 6) is 0. The molecule has 2 heteroatoms. The molecule has 0 saturated heterocycles. The molecule has 0 atom stereocenters. The number of benzene rings is 1. The van der Waals surface area contributed by atoms with Gasteiger partial charge in [0.05, 0.1) is 0 Å². The molecule has 0 saturated carbocycles. The number of fused-ring (bicyclic) bond motifs is 1. The quantitative estimate of drug-likeness (QED) is 0.782. The van der Waals surface area contributed by atoms with Crippen molar-refractivity contribution < 1.29 is 0 Å². The fourth-order valence-electron chi connectivity index (χ4n) is 2.25. The van der Waals surface area contributed by atoms with E-state index in [1.807, 2.05) is 0 Å². The number of rotatable bonds is 5. The molecule has 1 aromatic carbocycles. The van der Waals surface area contributed by atoms with Gasteiger partial charge in [0, 0.05) is 31.4 Å². The van der Waals surface area contributed by atoms with Gasteiger partial charge in [-0.1, -0.05) is 38.6 Å². The van der Waals surface area contributed by atoms with E-state index in [4.69, 9.17) is 0 Å². The van der Waals surface area contributed by atoms with Crippen LogP contribution in [0.25, 0.3) is 0 Å². The molecule has 1 heterocycles. The highest BCUT2D eigenvalue weighted by molar-refractivity contribution is 5.58. The van der Waals surface area contributed by atoms with Crippen LogP contribution in [0, 0.1) is 0 Å². The van der Waals surface area contributed by atoms with Crippen LogP contribution in [0.3, 0.4) is 0 Å². The van der Waals surface area contributed by atoms with Gasteiger partial charge in [-0.15, -0.1) is 0 Å². The second-order valence-electron chi connectivity index (χ2n) is 5.09. The molecule has 2 nitrogen and oxygen atoms in total. The van der Waals surface area contributed by atoms with Gasteiger partial charge in [-0.25, -0.2) is 0 Å². The molecule has 1 N–H and O–H groups in total. The van der Waals surface area contributed by atoms with Crippen LogP contribution >= 0.6 is 0 Å². The van der Waals surface area contributed by atoms with E-state index in [-0.39, 0.29) is 0 Å². The van der Waals surface area contributed by atoms with Crippen LogP contribution in [0.15, 0.2) is 36.4 Å². The van der Waals surface area contributed by atoms with Crippen molar-refractivity contribution in [2.45, 2.75) is 26.3 Å². The summed E-state index contributed by atoms with van der Waals surface area (Å²) in [6.07, 6.45) is 1.17. The smallest absolute Gasteiger partial charge is 0.0402 e. The van der Waals surface area contributed by atoms with E-state index in [0.717, 1.165) is 19.6 Å². The van der Waals surface area contributed by atoms with Crippen LogP contribution < -0.4 is 10.2 Å². The minimum Gasteiger partial charge on any atom is -0.367 e. The van der Waals surface area contributed by atoms with E-state index >= 15 is 0 Å². The Morgan fingerprint density at radius 3 is 2.94 bits per heavy atom. The Labute approximate surface area is 104 Å². The molecule has 1 aromatic rings. The molecule has 0 aromatic heterocycles. The fourth-order valence-corrected chi connectivity index (χ4v) is 2.25. The van der Waals surface area contributed by atoms with Crippen molar-refractivity contribution in [2.75, 3.05) is 24.5 Å². The fraction of sp³-hybridized carbons (Fsp3) is 0.467. The molecule has 0 aliphatic carbocycles. The number of para-hydroxylation sites is 1. The second-order valence-corrected chi connectivity index (χ2v) is 5.09. The van der Waals surface area contributed by atoms with Crippen molar-refractivity contribution >= 4 is 5.69 Å². The first kappa shape index (κ1) is 12.2. The molecule has 0 radical (unpaired) electrons. The topological polar surface area (TPSA) is 15.3 Å². The number of anilines is 1. The first-order chi connectivity index (χ1) is 8.16. The van der Waals surface area contributed by atoms with Crippen LogP contribution in [0.4, 0.5) is 5.69 Å². The van der Waals surface area contributed by atoms with E-state index < -0.39 is 0 Å². The summed E-state index contributed by atoms with van der Waals surface area (Å²) in [6, 6.07) is 9.21. The number of hydrogen-bond acceptors (Lipinski definition) is 2. The highest BCUT2D eigenvalue weighted by Gasteiger charge is 2.18. The van der Waals surface area contributed by atoms with Crippen LogP contribution in [-0.2, 0) is 6.42 Å². The first-order valence-corrected chi connectivity index (χ1v) is 6.39. The Hall–Kier alpha value is -1.28. The highest BCUT2D eigenvalue weighted by atomic mass is 15.1. The molecule has 0 unspecified atom stereocenters. The van der Waals surface area contributed by atoms with Gasteiger partial charge in [-0.05, 0) is 23.6 Å². The molecule has 92 valence electrons. The van der Waals surface area contributed by atoms with Gasteiger partial charge in [0.1, 0.15) is 0 Å². The second kappa shape index (κ2) is 5.37.